The van der Waals surface area contributed by atoms with Crippen LogP contribution in [0.1, 0.15) is 10.4 Å². The quantitative estimate of drug-likeness (QED) is 0.804. The number of halogens is 3. The van der Waals surface area contributed by atoms with Gasteiger partial charge in [0.2, 0.25) is 0 Å². The van der Waals surface area contributed by atoms with Crippen molar-refractivity contribution in [1.29, 1.82) is 0 Å². The molecule has 0 radical (unpaired) electrons. The molecule has 0 aliphatic heterocycles. The largest absolute Gasteiger partial charge is 0.492 e. The standard InChI is InChI=1S/C15H12BrClFNO2/c16-10-1-6-14(18)13(9-10)15(20)19-7-8-21-12-4-2-11(17)3-5-12/h1-6,9H,7-8H2,(H,19,20). The molecule has 2 aromatic carbocycles. The highest BCUT2D eigenvalue weighted by atomic mass is 79.9. The average Bonchev–Trinajstić information content (AvgIpc) is 2.47. The molecule has 0 aliphatic carbocycles. The van der Waals surface area contributed by atoms with Crippen LogP contribution in [0.25, 0.3) is 0 Å². The molecule has 110 valence electrons. The monoisotopic (exact) mass is 371 g/mol. The van der Waals surface area contributed by atoms with E-state index in [-0.39, 0.29) is 18.7 Å². The molecule has 0 fully saturated rings. The fourth-order valence-corrected chi connectivity index (χ4v) is 2.12. The van der Waals surface area contributed by atoms with Crippen LogP contribution in [-0.2, 0) is 0 Å². The molecule has 0 saturated heterocycles. The van der Waals surface area contributed by atoms with Crippen LogP contribution in [0, 0.1) is 5.82 Å². The number of amides is 1. The maximum Gasteiger partial charge on any atom is 0.254 e. The van der Waals surface area contributed by atoms with Crippen molar-refractivity contribution in [2.75, 3.05) is 13.2 Å². The number of nitrogens with one attached hydrogen (secondary N) is 1. The minimum Gasteiger partial charge on any atom is -0.492 e. The molecule has 3 nitrogen and oxygen atoms in total. The first-order valence-corrected chi connectivity index (χ1v) is 7.35. The van der Waals surface area contributed by atoms with Gasteiger partial charge in [0, 0.05) is 9.50 Å². The Hall–Kier alpha value is -1.59. The van der Waals surface area contributed by atoms with Gasteiger partial charge in [-0.25, -0.2) is 4.39 Å². The third-order valence-electron chi connectivity index (χ3n) is 2.64. The minimum absolute atomic E-state index is 0.00383. The zero-order chi connectivity index (χ0) is 15.2. The molecule has 0 aliphatic rings. The molecule has 0 aromatic heterocycles. The summed E-state index contributed by atoms with van der Waals surface area (Å²) in [5.74, 6) is -0.384. The van der Waals surface area contributed by atoms with E-state index >= 15 is 0 Å². The highest BCUT2D eigenvalue weighted by Crippen LogP contribution is 2.16. The van der Waals surface area contributed by atoms with E-state index in [1.165, 1.54) is 18.2 Å². The summed E-state index contributed by atoms with van der Waals surface area (Å²) in [5, 5.41) is 3.22. The molecule has 2 aromatic rings. The Balaban J connectivity index is 1.81. The summed E-state index contributed by atoms with van der Waals surface area (Å²) in [5.41, 5.74) is -0.00383. The first kappa shape index (κ1) is 15.8. The van der Waals surface area contributed by atoms with Gasteiger partial charge in [-0.2, -0.15) is 0 Å². The number of hydrogen-bond donors (Lipinski definition) is 1. The molecule has 21 heavy (non-hydrogen) atoms. The van der Waals surface area contributed by atoms with Gasteiger partial charge in [-0.3, -0.25) is 4.79 Å². The van der Waals surface area contributed by atoms with Crippen molar-refractivity contribution < 1.29 is 13.9 Å². The number of hydrogen-bond acceptors (Lipinski definition) is 2. The van der Waals surface area contributed by atoms with Crippen LogP contribution in [0.2, 0.25) is 5.02 Å². The molecule has 0 saturated carbocycles. The van der Waals surface area contributed by atoms with E-state index in [0.717, 1.165) is 0 Å². The minimum atomic E-state index is -0.561. The molecule has 1 N–H and O–H groups in total. The van der Waals surface area contributed by atoms with Crippen LogP contribution >= 0.6 is 27.5 Å². The second kappa shape index (κ2) is 7.43. The second-order valence-electron chi connectivity index (χ2n) is 4.18. The fraction of sp³-hybridized carbons (Fsp3) is 0.133. The maximum atomic E-state index is 13.5. The fourth-order valence-electron chi connectivity index (χ4n) is 1.63. The Bertz CT molecular complexity index is 634. The highest BCUT2D eigenvalue weighted by Gasteiger charge is 2.11. The second-order valence-corrected chi connectivity index (χ2v) is 5.53. The van der Waals surface area contributed by atoms with E-state index in [1.54, 1.807) is 24.3 Å². The predicted octanol–water partition coefficient (Wildman–Crippen LogP) is 4.05. The van der Waals surface area contributed by atoms with Crippen LogP contribution in [0.4, 0.5) is 4.39 Å². The van der Waals surface area contributed by atoms with Crippen molar-refractivity contribution in [2.45, 2.75) is 0 Å². The third kappa shape index (κ3) is 4.72. The lowest BCUT2D eigenvalue weighted by atomic mass is 10.2. The number of benzene rings is 2. The van der Waals surface area contributed by atoms with E-state index in [9.17, 15) is 9.18 Å². The lowest BCUT2D eigenvalue weighted by Gasteiger charge is -2.08. The summed E-state index contributed by atoms with van der Waals surface area (Å²) in [6.45, 7) is 0.552. The molecular weight excluding hydrogens is 361 g/mol. The van der Waals surface area contributed by atoms with Gasteiger partial charge < -0.3 is 10.1 Å². The van der Waals surface area contributed by atoms with Gasteiger partial charge in [0.1, 0.15) is 18.2 Å². The molecule has 0 atom stereocenters. The van der Waals surface area contributed by atoms with E-state index < -0.39 is 11.7 Å². The van der Waals surface area contributed by atoms with Crippen molar-refractivity contribution in [2.24, 2.45) is 0 Å². The van der Waals surface area contributed by atoms with Gasteiger partial charge in [-0.05, 0) is 42.5 Å². The number of rotatable bonds is 5. The smallest absolute Gasteiger partial charge is 0.254 e. The molecule has 2 rings (SSSR count). The Morgan fingerprint density at radius 2 is 1.95 bits per heavy atom. The van der Waals surface area contributed by atoms with Crippen LogP contribution in [-0.4, -0.2) is 19.1 Å². The molecule has 1 amide bonds. The lowest BCUT2D eigenvalue weighted by Crippen LogP contribution is -2.28. The summed E-state index contributed by atoms with van der Waals surface area (Å²) in [4.78, 5) is 11.8. The van der Waals surface area contributed by atoms with Gasteiger partial charge in [0.15, 0.2) is 0 Å². The Kier molecular flexibility index (Phi) is 5.59. The van der Waals surface area contributed by atoms with Crippen molar-refractivity contribution in [3.63, 3.8) is 0 Å². The maximum absolute atomic E-state index is 13.5. The summed E-state index contributed by atoms with van der Waals surface area (Å²) >= 11 is 8.96. The van der Waals surface area contributed by atoms with Gasteiger partial charge in [-0.15, -0.1) is 0 Å². The Morgan fingerprint density at radius 3 is 2.67 bits per heavy atom. The van der Waals surface area contributed by atoms with Crippen LogP contribution in [0.5, 0.6) is 5.75 Å². The first-order valence-electron chi connectivity index (χ1n) is 6.18. The normalized spacial score (nSPS) is 10.2. The van der Waals surface area contributed by atoms with Gasteiger partial charge in [-0.1, -0.05) is 27.5 Å². The summed E-state index contributed by atoms with van der Waals surface area (Å²) in [6, 6.07) is 11.1. The molecule has 0 spiro atoms. The third-order valence-corrected chi connectivity index (χ3v) is 3.39. The summed E-state index contributed by atoms with van der Waals surface area (Å²) in [6.07, 6.45) is 0. The predicted molar refractivity (Wildman–Crippen MR) is 83.4 cm³/mol. The van der Waals surface area contributed by atoms with Gasteiger partial charge >= 0.3 is 0 Å². The van der Waals surface area contributed by atoms with Crippen molar-refractivity contribution >= 4 is 33.4 Å². The SMILES string of the molecule is O=C(NCCOc1ccc(Cl)cc1)c1cc(Br)ccc1F. The Labute approximate surface area is 135 Å². The van der Waals surface area contributed by atoms with Crippen LogP contribution in [0.15, 0.2) is 46.9 Å². The lowest BCUT2D eigenvalue weighted by molar-refractivity contribution is 0.0943. The summed E-state index contributed by atoms with van der Waals surface area (Å²) in [7, 11) is 0. The number of carbonyl (C=O) groups excluding carboxylic acids is 1. The van der Waals surface area contributed by atoms with E-state index in [1.807, 2.05) is 0 Å². The van der Waals surface area contributed by atoms with Crippen molar-refractivity contribution in [1.82, 2.24) is 5.32 Å². The van der Waals surface area contributed by atoms with Gasteiger partial charge in [0.05, 0.1) is 12.1 Å². The first-order chi connectivity index (χ1) is 10.1. The highest BCUT2D eigenvalue weighted by molar-refractivity contribution is 9.10. The van der Waals surface area contributed by atoms with Crippen LogP contribution < -0.4 is 10.1 Å². The van der Waals surface area contributed by atoms with E-state index in [2.05, 4.69) is 21.2 Å². The zero-order valence-corrected chi connectivity index (χ0v) is 13.2. The van der Waals surface area contributed by atoms with E-state index in [0.29, 0.717) is 15.2 Å². The van der Waals surface area contributed by atoms with Crippen molar-refractivity contribution in [3.05, 3.63) is 63.3 Å². The van der Waals surface area contributed by atoms with Crippen LogP contribution in [0.3, 0.4) is 0 Å². The van der Waals surface area contributed by atoms with E-state index in [4.69, 9.17) is 16.3 Å². The zero-order valence-electron chi connectivity index (χ0n) is 10.9. The average molecular weight is 373 g/mol. The van der Waals surface area contributed by atoms with Crippen molar-refractivity contribution in [3.8, 4) is 5.75 Å². The molecule has 0 unspecified atom stereocenters. The van der Waals surface area contributed by atoms with Gasteiger partial charge in [0.25, 0.3) is 5.91 Å². The molecular formula is C15H12BrClFNO2. The Morgan fingerprint density at radius 1 is 1.24 bits per heavy atom. The topological polar surface area (TPSA) is 38.3 Å². The summed E-state index contributed by atoms with van der Waals surface area (Å²) < 4.78 is 19.6. The molecule has 0 bridgehead atoms. The number of carbonyl (C=O) groups is 1. The number of ether oxygens (including phenoxy) is 1. The molecule has 0 heterocycles. The molecule has 6 heteroatoms.